The van der Waals surface area contributed by atoms with Crippen LogP contribution in [0.5, 0.6) is 0 Å². The monoisotopic (exact) mass is 421 g/mol. The van der Waals surface area contributed by atoms with E-state index < -0.39 is 0 Å². The van der Waals surface area contributed by atoms with Crippen LogP contribution in [0.25, 0.3) is 11.2 Å². The SMILES string of the molecule is N#Cc1c(CSc2nnc(Cc3ccccc3)n2-c2ccccc2)cn2ccccc12. The van der Waals surface area contributed by atoms with Crippen LogP contribution in [0.3, 0.4) is 0 Å². The van der Waals surface area contributed by atoms with Gasteiger partial charge in [0, 0.05) is 30.3 Å². The van der Waals surface area contributed by atoms with Crippen molar-refractivity contribution in [2.75, 3.05) is 0 Å². The quantitative estimate of drug-likeness (QED) is 0.350. The van der Waals surface area contributed by atoms with E-state index in [2.05, 4.69) is 45.1 Å². The molecule has 3 heterocycles. The van der Waals surface area contributed by atoms with Crippen molar-refractivity contribution < 1.29 is 0 Å². The Morgan fingerprint density at radius 2 is 1.61 bits per heavy atom. The Morgan fingerprint density at radius 1 is 0.871 bits per heavy atom. The van der Waals surface area contributed by atoms with Crippen molar-refractivity contribution in [1.29, 1.82) is 5.26 Å². The minimum atomic E-state index is 0.640. The summed E-state index contributed by atoms with van der Waals surface area (Å²) in [4.78, 5) is 0. The number of hydrogen-bond acceptors (Lipinski definition) is 4. The lowest BCUT2D eigenvalue weighted by molar-refractivity contribution is 0.847. The Bertz CT molecular complexity index is 1360. The van der Waals surface area contributed by atoms with Crippen molar-refractivity contribution in [1.82, 2.24) is 19.2 Å². The number of nitrogens with zero attached hydrogens (tertiary/aromatic N) is 5. The van der Waals surface area contributed by atoms with Crippen molar-refractivity contribution >= 4 is 17.3 Å². The van der Waals surface area contributed by atoms with Gasteiger partial charge < -0.3 is 4.40 Å². The Hall–Kier alpha value is -3.82. The molecule has 150 valence electrons. The summed E-state index contributed by atoms with van der Waals surface area (Å²) in [5.74, 6) is 1.53. The van der Waals surface area contributed by atoms with Crippen molar-refractivity contribution in [3.05, 3.63) is 114 Å². The van der Waals surface area contributed by atoms with Gasteiger partial charge in [0.15, 0.2) is 5.16 Å². The summed E-state index contributed by atoms with van der Waals surface area (Å²) < 4.78 is 4.11. The van der Waals surface area contributed by atoms with Gasteiger partial charge in [0.2, 0.25) is 0 Å². The molecule has 0 amide bonds. The van der Waals surface area contributed by atoms with Crippen LogP contribution in [0.4, 0.5) is 0 Å². The fourth-order valence-electron chi connectivity index (χ4n) is 3.68. The third-order valence-electron chi connectivity index (χ3n) is 5.15. The molecule has 0 unspecified atom stereocenters. The van der Waals surface area contributed by atoms with E-state index >= 15 is 0 Å². The van der Waals surface area contributed by atoms with E-state index in [4.69, 9.17) is 0 Å². The molecule has 0 bridgehead atoms. The van der Waals surface area contributed by atoms with E-state index in [0.717, 1.165) is 27.7 Å². The number of para-hydroxylation sites is 1. The predicted octanol–water partition coefficient (Wildman–Crippen LogP) is 5.27. The molecule has 0 saturated heterocycles. The Balaban J connectivity index is 1.49. The number of aromatic nitrogens is 4. The molecule has 0 aliphatic carbocycles. The second kappa shape index (κ2) is 8.50. The van der Waals surface area contributed by atoms with Gasteiger partial charge in [-0.1, -0.05) is 66.4 Å². The van der Waals surface area contributed by atoms with E-state index in [1.807, 2.05) is 71.4 Å². The molecule has 0 fully saturated rings. The first-order valence-corrected chi connectivity index (χ1v) is 11.0. The van der Waals surface area contributed by atoms with Crippen LogP contribution in [-0.4, -0.2) is 19.2 Å². The summed E-state index contributed by atoms with van der Waals surface area (Å²) in [6.07, 6.45) is 4.69. The lowest BCUT2D eigenvalue weighted by Crippen LogP contribution is -2.03. The minimum absolute atomic E-state index is 0.640. The summed E-state index contributed by atoms with van der Waals surface area (Å²) in [6, 6.07) is 28.7. The fourth-order valence-corrected chi connectivity index (χ4v) is 4.62. The number of thioether (sulfide) groups is 1. The molecule has 5 aromatic rings. The van der Waals surface area contributed by atoms with Crippen LogP contribution in [0, 0.1) is 11.3 Å². The lowest BCUT2D eigenvalue weighted by atomic mass is 10.1. The normalized spacial score (nSPS) is 10.9. The maximum absolute atomic E-state index is 9.70. The molecule has 0 N–H and O–H groups in total. The van der Waals surface area contributed by atoms with E-state index in [0.29, 0.717) is 17.7 Å². The van der Waals surface area contributed by atoms with Gasteiger partial charge in [0.25, 0.3) is 0 Å². The van der Waals surface area contributed by atoms with Gasteiger partial charge >= 0.3 is 0 Å². The molecular weight excluding hydrogens is 402 g/mol. The minimum Gasteiger partial charge on any atom is -0.322 e. The number of nitriles is 1. The second-order valence-corrected chi connectivity index (χ2v) is 8.10. The van der Waals surface area contributed by atoms with E-state index in [-0.39, 0.29) is 0 Å². The molecule has 31 heavy (non-hydrogen) atoms. The average Bonchev–Trinajstić information content (AvgIpc) is 3.39. The summed E-state index contributed by atoms with van der Waals surface area (Å²) in [5.41, 5.74) is 4.85. The topological polar surface area (TPSA) is 58.9 Å². The molecule has 0 radical (unpaired) electrons. The summed E-state index contributed by atoms with van der Waals surface area (Å²) in [6.45, 7) is 0. The van der Waals surface area contributed by atoms with Gasteiger partial charge in [-0.2, -0.15) is 5.26 Å². The van der Waals surface area contributed by atoms with Gasteiger partial charge in [-0.25, -0.2) is 0 Å². The highest BCUT2D eigenvalue weighted by Crippen LogP contribution is 2.29. The van der Waals surface area contributed by atoms with Crippen LogP contribution in [0.1, 0.15) is 22.5 Å². The zero-order valence-corrected chi connectivity index (χ0v) is 17.5. The Kier molecular flexibility index (Phi) is 5.26. The Morgan fingerprint density at radius 3 is 2.39 bits per heavy atom. The largest absolute Gasteiger partial charge is 0.322 e. The predicted molar refractivity (Wildman–Crippen MR) is 122 cm³/mol. The van der Waals surface area contributed by atoms with Gasteiger partial charge in [0.05, 0.1) is 11.1 Å². The molecule has 2 aromatic carbocycles. The number of rotatable bonds is 6. The van der Waals surface area contributed by atoms with Crippen molar-refractivity contribution in [2.24, 2.45) is 0 Å². The molecule has 0 saturated carbocycles. The Labute approximate surface area is 184 Å². The average molecular weight is 422 g/mol. The number of hydrogen-bond donors (Lipinski definition) is 0. The number of pyridine rings is 1. The zero-order valence-electron chi connectivity index (χ0n) is 16.7. The molecule has 5 rings (SSSR count). The molecule has 0 atom stereocenters. The van der Waals surface area contributed by atoms with Gasteiger partial charge in [-0.3, -0.25) is 4.57 Å². The molecule has 5 nitrogen and oxygen atoms in total. The highest BCUT2D eigenvalue weighted by atomic mass is 32.2. The molecular formula is C25H19N5S. The van der Waals surface area contributed by atoms with Crippen molar-refractivity contribution in [2.45, 2.75) is 17.3 Å². The second-order valence-electron chi connectivity index (χ2n) is 7.16. The summed E-state index contributed by atoms with van der Waals surface area (Å²) in [7, 11) is 0. The van der Waals surface area contributed by atoms with Gasteiger partial charge in [-0.05, 0) is 35.4 Å². The van der Waals surface area contributed by atoms with Crippen LogP contribution in [-0.2, 0) is 12.2 Å². The molecule has 6 heteroatoms. The molecule has 0 spiro atoms. The van der Waals surface area contributed by atoms with Crippen LogP contribution >= 0.6 is 11.8 Å². The first-order valence-electron chi connectivity index (χ1n) is 9.98. The summed E-state index contributed by atoms with van der Waals surface area (Å²) >= 11 is 1.60. The van der Waals surface area contributed by atoms with E-state index in [9.17, 15) is 5.26 Å². The molecule has 0 aliphatic rings. The standard InChI is InChI=1S/C25H19N5S/c26-16-22-20(17-29-14-8-7-13-23(22)29)18-31-25-28-27-24(15-19-9-3-1-4-10-19)30(25)21-11-5-2-6-12-21/h1-14,17H,15,18H2. The highest BCUT2D eigenvalue weighted by molar-refractivity contribution is 7.98. The maximum Gasteiger partial charge on any atom is 0.196 e. The zero-order chi connectivity index (χ0) is 21.0. The molecule has 0 aliphatic heterocycles. The highest BCUT2D eigenvalue weighted by Gasteiger charge is 2.17. The van der Waals surface area contributed by atoms with E-state index in [1.165, 1.54) is 5.56 Å². The molecule has 3 aromatic heterocycles. The van der Waals surface area contributed by atoms with Gasteiger partial charge in [-0.15, -0.1) is 10.2 Å². The third kappa shape index (κ3) is 3.83. The summed E-state index contributed by atoms with van der Waals surface area (Å²) in [5, 5.41) is 19.5. The van der Waals surface area contributed by atoms with Crippen molar-refractivity contribution in [3.63, 3.8) is 0 Å². The number of fused-ring (bicyclic) bond motifs is 1. The lowest BCUT2D eigenvalue weighted by Gasteiger charge is -2.10. The van der Waals surface area contributed by atoms with Gasteiger partial charge in [0.1, 0.15) is 11.9 Å². The fraction of sp³-hybridized carbons (Fsp3) is 0.0800. The smallest absolute Gasteiger partial charge is 0.196 e. The number of benzene rings is 2. The van der Waals surface area contributed by atoms with Crippen molar-refractivity contribution in [3.8, 4) is 11.8 Å². The third-order valence-corrected chi connectivity index (χ3v) is 6.13. The first kappa shape index (κ1) is 19.2. The van der Waals surface area contributed by atoms with E-state index in [1.54, 1.807) is 11.8 Å². The maximum atomic E-state index is 9.70. The van der Waals surface area contributed by atoms with Crippen LogP contribution in [0.2, 0.25) is 0 Å². The first-order chi connectivity index (χ1) is 15.3. The van der Waals surface area contributed by atoms with Crippen LogP contribution in [0.15, 0.2) is 96.4 Å². The van der Waals surface area contributed by atoms with Crippen LogP contribution < -0.4 is 0 Å².